The molecular formula is C14H15NO3. The van der Waals surface area contributed by atoms with Gasteiger partial charge in [-0.25, -0.2) is 0 Å². The molecule has 0 unspecified atom stereocenters. The molecule has 1 heterocycles. The van der Waals surface area contributed by atoms with E-state index in [9.17, 15) is 9.59 Å². The second-order valence-corrected chi connectivity index (χ2v) is 3.95. The number of carbonyl (C=O) groups is 1. The summed E-state index contributed by atoms with van der Waals surface area (Å²) in [6.45, 7) is 4.90. The van der Waals surface area contributed by atoms with Crippen molar-refractivity contribution < 1.29 is 9.21 Å². The van der Waals surface area contributed by atoms with E-state index >= 15 is 0 Å². The van der Waals surface area contributed by atoms with Gasteiger partial charge in [0, 0.05) is 13.1 Å². The van der Waals surface area contributed by atoms with Gasteiger partial charge in [0.2, 0.25) is 5.43 Å². The second-order valence-electron chi connectivity index (χ2n) is 3.95. The highest BCUT2D eigenvalue weighted by Gasteiger charge is 2.18. The molecular weight excluding hydrogens is 230 g/mol. The number of rotatable bonds is 3. The summed E-state index contributed by atoms with van der Waals surface area (Å²) in [7, 11) is 0. The second kappa shape index (κ2) is 5.04. The van der Waals surface area contributed by atoms with Crippen LogP contribution in [0.5, 0.6) is 0 Å². The van der Waals surface area contributed by atoms with Crippen molar-refractivity contribution in [2.24, 2.45) is 0 Å². The van der Waals surface area contributed by atoms with Gasteiger partial charge in [-0.1, -0.05) is 12.1 Å². The van der Waals surface area contributed by atoms with Crippen LogP contribution in [-0.4, -0.2) is 23.9 Å². The molecule has 0 atom stereocenters. The SMILES string of the molecule is CCN(CC)C(=O)c1coc2ccccc2c1=O. The molecule has 94 valence electrons. The van der Waals surface area contributed by atoms with E-state index in [1.165, 1.54) is 6.26 Å². The summed E-state index contributed by atoms with van der Waals surface area (Å²) in [6.07, 6.45) is 1.26. The highest BCUT2D eigenvalue weighted by molar-refractivity contribution is 5.96. The summed E-state index contributed by atoms with van der Waals surface area (Å²) in [5, 5.41) is 0.440. The van der Waals surface area contributed by atoms with Gasteiger partial charge in [-0.3, -0.25) is 9.59 Å². The van der Waals surface area contributed by atoms with E-state index in [1.54, 1.807) is 29.2 Å². The minimum atomic E-state index is -0.278. The molecule has 0 saturated heterocycles. The van der Waals surface area contributed by atoms with Crippen molar-refractivity contribution in [1.29, 1.82) is 0 Å². The molecule has 1 amide bonds. The summed E-state index contributed by atoms with van der Waals surface area (Å²) in [5.41, 5.74) is 0.324. The molecule has 0 aliphatic carbocycles. The average molecular weight is 245 g/mol. The van der Waals surface area contributed by atoms with Crippen LogP contribution in [0.3, 0.4) is 0 Å². The lowest BCUT2D eigenvalue weighted by atomic mass is 10.1. The van der Waals surface area contributed by atoms with Crippen LogP contribution >= 0.6 is 0 Å². The Kier molecular flexibility index (Phi) is 3.46. The van der Waals surface area contributed by atoms with Crippen molar-refractivity contribution in [1.82, 2.24) is 4.90 Å². The van der Waals surface area contributed by atoms with Gasteiger partial charge in [-0.2, -0.15) is 0 Å². The Labute approximate surface area is 105 Å². The molecule has 1 aromatic carbocycles. The van der Waals surface area contributed by atoms with Gasteiger partial charge in [0.1, 0.15) is 17.4 Å². The number of nitrogens with zero attached hydrogens (tertiary/aromatic N) is 1. The van der Waals surface area contributed by atoms with Gasteiger partial charge in [0.05, 0.1) is 5.39 Å². The van der Waals surface area contributed by atoms with Gasteiger partial charge >= 0.3 is 0 Å². The first kappa shape index (κ1) is 12.4. The van der Waals surface area contributed by atoms with Crippen molar-refractivity contribution in [3.63, 3.8) is 0 Å². The fourth-order valence-corrected chi connectivity index (χ4v) is 1.91. The van der Waals surface area contributed by atoms with Crippen LogP contribution in [-0.2, 0) is 0 Å². The molecule has 0 bridgehead atoms. The van der Waals surface area contributed by atoms with Gasteiger partial charge in [0.15, 0.2) is 0 Å². The maximum absolute atomic E-state index is 12.2. The third kappa shape index (κ3) is 2.01. The smallest absolute Gasteiger partial charge is 0.261 e. The van der Waals surface area contributed by atoms with Crippen molar-refractivity contribution >= 4 is 16.9 Å². The number of hydrogen-bond donors (Lipinski definition) is 0. The zero-order valence-corrected chi connectivity index (χ0v) is 10.5. The summed E-state index contributed by atoms with van der Waals surface area (Å²) in [5.74, 6) is -0.278. The maximum atomic E-state index is 12.2. The minimum Gasteiger partial charge on any atom is -0.463 e. The maximum Gasteiger partial charge on any atom is 0.261 e. The van der Waals surface area contributed by atoms with E-state index in [-0.39, 0.29) is 16.9 Å². The predicted octanol–water partition coefficient (Wildman–Crippen LogP) is 2.28. The molecule has 0 fully saturated rings. The molecule has 0 radical (unpaired) electrons. The van der Waals surface area contributed by atoms with Crippen LogP contribution in [0.2, 0.25) is 0 Å². The Morgan fingerprint density at radius 3 is 2.56 bits per heavy atom. The molecule has 0 spiro atoms. The van der Waals surface area contributed by atoms with Crippen LogP contribution in [0.15, 0.2) is 39.7 Å². The lowest BCUT2D eigenvalue weighted by Gasteiger charge is -2.17. The van der Waals surface area contributed by atoms with E-state index in [2.05, 4.69) is 0 Å². The first-order valence-electron chi connectivity index (χ1n) is 5.98. The lowest BCUT2D eigenvalue weighted by molar-refractivity contribution is 0.0769. The Balaban J connectivity index is 2.56. The molecule has 2 rings (SSSR count). The van der Waals surface area contributed by atoms with Crippen molar-refractivity contribution in [2.45, 2.75) is 13.8 Å². The highest BCUT2D eigenvalue weighted by Crippen LogP contribution is 2.11. The molecule has 0 saturated carbocycles. The normalized spacial score (nSPS) is 10.6. The van der Waals surface area contributed by atoms with Crippen molar-refractivity contribution in [3.05, 3.63) is 46.3 Å². The summed E-state index contributed by atoms with van der Waals surface area (Å²) in [4.78, 5) is 25.9. The van der Waals surface area contributed by atoms with E-state index in [0.29, 0.717) is 24.1 Å². The average Bonchev–Trinajstić information content (AvgIpc) is 2.40. The quantitative estimate of drug-likeness (QED) is 0.833. The topological polar surface area (TPSA) is 50.5 Å². The zero-order valence-electron chi connectivity index (χ0n) is 10.5. The monoisotopic (exact) mass is 245 g/mol. The van der Waals surface area contributed by atoms with Crippen molar-refractivity contribution in [3.8, 4) is 0 Å². The van der Waals surface area contributed by atoms with Crippen LogP contribution in [0.1, 0.15) is 24.2 Å². The van der Waals surface area contributed by atoms with Crippen LogP contribution in [0.25, 0.3) is 11.0 Å². The molecule has 1 aromatic heterocycles. The third-order valence-corrected chi connectivity index (χ3v) is 2.96. The van der Waals surface area contributed by atoms with E-state index < -0.39 is 0 Å². The van der Waals surface area contributed by atoms with Gasteiger partial charge in [0.25, 0.3) is 5.91 Å². The van der Waals surface area contributed by atoms with Gasteiger partial charge in [-0.15, -0.1) is 0 Å². The molecule has 0 aliphatic heterocycles. The first-order valence-corrected chi connectivity index (χ1v) is 5.98. The van der Waals surface area contributed by atoms with Crippen LogP contribution < -0.4 is 5.43 Å². The largest absolute Gasteiger partial charge is 0.463 e. The van der Waals surface area contributed by atoms with Gasteiger partial charge < -0.3 is 9.32 Å². The van der Waals surface area contributed by atoms with Crippen LogP contribution in [0, 0.1) is 0 Å². The number of fused-ring (bicyclic) bond motifs is 1. The zero-order chi connectivity index (χ0) is 13.1. The predicted molar refractivity (Wildman–Crippen MR) is 69.7 cm³/mol. The number of carbonyl (C=O) groups excluding carboxylic acids is 1. The third-order valence-electron chi connectivity index (χ3n) is 2.96. The van der Waals surface area contributed by atoms with Crippen LogP contribution in [0.4, 0.5) is 0 Å². The Hall–Kier alpha value is -2.10. The van der Waals surface area contributed by atoms with E-state index in [4.69, 9.17) is 4.42 Å². The van der Waals surface area contributed by atoms with E-state index in [0.717, 1.165) is 0 Å². The lowest BCUT2D eigenvalue weighted by Crippen LogP contribution is -2.33. The summed E-state index contributed by atoms with van der Waals surface area (Å²) < 4.78 is 5.34. The molecule has 18 heavy (non-hydrogen) atoms. The number of benzene rings is 1. The fraction of sp³-hybridized carbons (Fsp3) is 0.286. The standard InChI is InChI=1S/C14H15NO3/c1-3-15(4-2)14(17)11-9-18-12-8-6-5-7-10(12)13(11)16/h5-9H,3-4H2,1-2H3. The van der Waals surface area contributed by atoms with E-state index in [1.807, 2.05) is 13.8 Å². The number of hydrogen-bond acceptors (Lipinski definition) is 3. The van der Waals surface area contributed by atoms with Gasteiger partial charge in [-0.05, 0) is 26.0 Å². The number of amides is 1. The molecule has 4 heteroatoms. The minimum absolute atomic E-state index is 0.0948. The number of para-hydroxylation sites is 1. The molecule has 0 aliphatic rings. The first-order chi connectivity index (χ1) is 8.69. The summed E-state index contributed by atoms with van der Waals surface area (Å²) >= 11 is 0. The Bertz CT molecular complexity index is 626. The molecule has 0 N–H and O–H groups in total. The summed E-state index contributed by atoms with van der Waals surface area (Å²) in [6, 6.07) is 6.92. The Morgan fingerprint density at radius 1 is 1.22 bits per heavy atom. The highest BCUT2D eigenvalue weighted by atomic mass is 16.3. The van der Waals surface area contributed by atoms with Crippen molar-refractivity contribution in [2.75, 3.05) is 13.1 Å². The Morgan fingerprint density at radius 2 is 1.89 bits per heavy atom. The fourth-order valence-electron chi connectivity index (χ4n) is 1.91. The molecule has 4 nitrogen and oxygen atoms in total. The molecule has 2 aromatic rings.